The summed E-state index contributed by atoms with van der Waals surface area (Å²) >= 11 is 0. The van der Waals surface area contributed by atoms with Crippen molar-refractivity contribution < 1.29 is 0 Å². The maximum Gasteiger partial charge on any atom is 0.101 e. The molecule has 0 aliphatic rings. The number of hydrogen-bond acceptors (Lipinski definition) is 2. The summed E-state index contributed by atoms with van der Waals surface area (Å²) in [5.74, 6) is 0. The van der Waals surface area contributed by atoms with Gasteiger partial charge in [0.15, 0.2) is 0 Å². The highest BCUT2D eigenvalue weighted by Crippen LogP contribution is 2.22. The first-order chi connectivity index (χ1) is 6.74. The molecule has 2 heteroatoms. The topological polar surface area (TPSA) is 36.7 Å². The first-order valence-electron chi connectivity index (χ1n) is 4.49. The Morgan fingerprint density at radius 1 is 1.29 bits per heavy atom. The molecular formula is C12H10N2. The summed E-state index contributed by atoms with van der Waals surface area (Å²) in [7, 11) is 0. The lowest BCUT2D eigenvalue weighted by molar-refractivity contribution is 1.31. The van der Waals surface area contributed by atoms with Crippen molar-refractivity contribution >= 4 is 10.9 Å². The van der Waals surface area contributed by atoms with Gasteiger partial charge in [0, 0.05) is 11.6 Å². The molecule has 0 unspecified atom stereocenters. The smallest absolute Gasteiger partial charge is 0.101 e. The maximum atomic E-state index is 8.88. The van der Waals surface area contributed by atoms with Crippen LogP contribution < -0.4 is 0 Å². The lowest BCUT2D eigenvalue weighted by Gasteiger charge is -2.05. The largest absolute Gasteiger partial charge is 0.255 e. The van der Waals surface area contributed by atoms with E-state index in [1.165, 1.54) is 5.56 Å². The Bertz CT molecular complexity index is 536. The zero-order chi connectivity index (χ0) is 10.1. The Balaban J connectivity index is 2.95. The van der Waals surface area contributed by atoms with Crippen LogP contribution in [0.15, 0.2) is 24.4 Å². The van der Waals surface area contributed by atoms with Gasteiger partial charge in [0.25, 0.3) is 0 Å². The molecule has 1 aromatic heterocycles. The number of nitrogens with zero attached hydrogens (tertiary/aromatic N) is 2. The van der Waals surface area contributed by atoms with Crippen LogP contribution in [0.4, 0.5) is 0 Å². The Morgan fingerprint density at radius 3 is 2.79 bits per heavy atom. The predicted molar refractivity (Wildman–Crippen MR) is 55.9 cm³/mol. The second kappa shape index (κ2) is 3.12. The van der Waals surface area contributed by atoms with Crippen molar-refractivity contribution in [2.45, 2.75) is 13.8 Å². The van der Waals surface area contributed by atoms with Gasteiger partial charge in [-0.15, -0.1) is 0 Å². The molecule has 1 heterocycles. The number of hydrogen-bond donors (Lipinski definition) is 0. The third-order valence-corrected chi connectivity index (χ3v) is 2.48. The molecule has 2 nitrogen and oxygen atoms in total. The highest BCUT2D eigenvalue weighted by Gasteiger charge is 2.05. The molecule has 0 bridgehead atoms. The average Bonchev–Trinajstić information content (AvgIpc) is 2.18. The zero-order valence-electron chi connectivity index (χ0n) is 8.20. The van der Waals surface area contributed by atoms with E-state index >= 15 is 0 Å². The van der Waals surface area contributed by atoms with Crippen LogP contribution in [-0.4, -0.2) is 4.98 Å². The minimum atomic E-state index is 0.659. The van der Waals surface area contributed by atoms with Gasteiger partial charge in [-0.1, -0.05) is 12.1 Å². The molecule has 0 amide bonds. The highest BCUT2D eigenvalue weighted by molar-refractivity contribution is 5.86. The quantitative estimate of drug-likeness (QED) is 0.628. The van der Waals surface area contributed by atoms with Crippen molar-refractivity contribution in [2.24, 2.45) is 0 Å². The summed E-state index contributed by atoms with van der Waals surface area (Å²) in [5.41, 5.74) is 3.81. The van der Waals surface area contributed by atoms with Crippen LogP contribution in [0.2, 0.25) is 0 Å². The Labute approximate surface area is 82.8 Å². The number of aryl methyl sites for hydroxylation is 2. The molecule has 0 aliphatic carbocycles. The fourth-order valence-electron chi connectivity index (χ4n) is 1.73. The van der Waals surface area contributed by atoms with E-state index in [0.29, 0.717) is 5.56 Å². The van der Waals surface area contributed by atoms with Gasteiger partial charge >= 0.3 is 0 Å². The molecule has 0 spiro atoms. The van der Waals surface area contributed by atoms with Crippen LogP contribution in [0.3, 0.4) is 0 Å². The Kier molecular flexibility index (Phi) is 1.94. The fourth-order valence-corrected chi connectivity index (χ4v) is 1.73. The fraction of sp³-hybridized carbons (Fsp3) is 0.167. The second-order valence-electron chi connectivity index (χ2n) is 3.38. The van der Waals surface area contributed by atoms with E-state index in [-0.39, 0.29) is 0 Å². The van der Waals surface area contributed by atoms with Gasteiger partial charge in [0.1, 0.15) is 6.07 Å². The Hall–Kier alpha value is -1.88. The number of benzene rings is 1. The average molecular weight is 182 g/mol. The van der Waals surface area contributed by atoms with Crippen LogP contribution in [0.1, 0.15) is 16.7 Å². The molecule has 0 N–H and O–H groups in total. The van der Waals surface area contributed by atoms with Gasteiger partial charge < -0.3 is 0 Å². The molecule has 2 aromatic rings. The van der Waals surface area contributed by atoms with Gasteiger partial charge in [0.05, 0.1) is 11.1 Å². The normalized spacial score (nSPS) is 10.1. The second-order valence-corrected chi connectivity index (χ2v) is 3.38. The molecular weight excluding hydrogens is 172 g/mol. The van der Waals surface area contributed by atoms with E-state index in [4.69, 9.17) is 5.26 Å². The molecule has 0 aliphatic heterocycles. The van der Waals surface area contributed by atoms with Crippen molar-refractivity contribution in [3.63, 3.8) is 0 Å². The van der Waals surface area contributed by atoms with E-state index in [1.54, 1.807) is 6.20 Å². The molecule has 68 valence electrons. The van der Waals surface area contributed by atoms with E-state index in [0.717, 1.165) is 16.5 Å². The standard InChI is InChI=1S/C12H10N2/c1-8-4-3-5-11-12(8)9(2)10(6-13)7-14-11/h3-5,7H,1-2H3. The minimum Gasteiger partial charge on any atom is -0.255 e. The molecule has 0 saturated heterocycles. The predicted octanol–water partition coefficient (Wildman–Crippen LogP) is 2.72. The summed E-state index contributed by atoms with van der Waals surface area (Å²) in [5, 5.41) is 9.98. The maximum absolute atomic E-state index is 8.88. The summed E-state index contributed by atoms with van der Waals surface area (Å²) in [6, 6.07) is 8.14. The molecule has 0 fully saturated rings. The van der Waals surface area contributed by atoms with E-state index < -0.39 is 0 Å². The molecule has 14 heavy (non-hydrogen) atoms. The molecule has 0 atom stereocenters. The highest BCUT2D eigenvalue weighted by atomic mass is 14.7. The van der Waals surface area contributed by atoms with Crippen LogP contribution in [0.25, 0.3) is 10.9 Å². The summed E-state index contributed by atoms with van der Waals surface area (Å²) in [6.45, 7) is 4.01. The van der Waals surface area contributed by atoms with Gasteiger partial charge in [-0.3, -0.25) is 4.98 Å². The molecule has 0 saturated carbocycles. The summed E-state index contributed by atoms with van der Waals surface area (Å²) < 4.78 is 0. The first kappa shape index (κ1) is 8.71. The number of pyridine rings is 1. The van der Waals surface area contributed by atoms with Crippen molar-refractivity contribution in [1.82, 2.24) is 4.98 Å². The first-order valence-corrected chi connectivity index (χ1v) is 4.49. The number of nitriles is 1. The molecule has 2 rings (SSSR count). The third kappa shape index (κ3) is 1.14. The molecule has 1 aromatic carbocycles. The lowest BCUT2D eigenvalue weighted by atomic mass is 10.0. The monoisotopic (exact) mass is 182 g/mol. The number of aromatic nitrogens is 1. The van der Waals surface area contributed by atoms with Crippen molar-refractivity contribution in [3.8, 4) is 6.07 Å². The van der Waals surface area contributed by atoms with Gasteiger partial charge in [-0.05, 0) is 31.0 Å². The third-order valence-electron chi connectivity index (χ3n) is 2.48. The van der Waals surface area contributed by atoms with Crippen molar-refractivity contribution in [3.05, 3.63) is 41.1 Å². The summed E-state index contributed by atoms with van der Waals surface area (Å²) in [4.78, 5) is 4.25. The van der Waals surface area contributed by atoms with E-state index in [2.05, 4.69) is 11.1 Å². The van der Waals surface area contributed by atoms with Crippen LogP contribution in [0, 0.1) is 25.2 Å². The molecule has 0 radical (unpaired) electrons. The van der Waals surface area contributed by atoms with E-state index in [9.17, 15) is 0 Å². The lowest BCUT2D eigenvalue weighted by Crippen LogP contribution is -1.90. The van der Waals surface area contributed by atoms with Crippen molar-refractivity contribution in [1.29, 1.82) is 5.26 Å². The van der Waals surface area contributed by atoms with E-state index in [1.807, 2.05) is 32.0 Å². The zero-order valence-corrected chi connectivity index (χ0v) is 8.20. The van der Waals surface area contributed by atoms with Crippen LogP contribution >= 0.6 is 0 Å². The number of fused-ring (bicyclic) bond motifs is 1. The Morgan fingerprint density at radius 2 is 2.07 bits per heavy atom. The van der Waals surface area contributed by atoms with Crippen LogP contribution in [0.5, 0.6) is 0 Å². The van der Waals surface area contributed by atoms with Gasteiger partial charge in [0.2, 0.25) is 0 Å². The summed E-state index contributed by atoms with van der Waals surface area (Å²) in [6.07, 6.45) is 1.64. The van der Waals surface area contributed by atoms with Crippen LogP contribution in [-0.2, 0) is 0 Å². The minimum absolute atomic E-state index is 0.659. The van der Waals surface area contributed by atoms with Gasteiger partial charge in [-0.25, -0.2) is 0 Å². The van der Waals surface area contributed by atoms with Crippen molar-refractivity contribution in [2.75, 3.05) is 0 Å². The SMILES string of the molecule is Cc1cccc2ncc(C#N)c(C)c12. The van der Waals surface area contributed by atoms with Gasteiger partial charge in [-0.2, -0.15) is 5.26 Å². The number of rotatable bonds is 0.